The largest absolute Gasteiger partial charge is 0.491 e. The Kier molecular flexibility index (Phi) is 3.63. The van der Waals surface area contributed by atoms with Gasteiger partial charge in [0, 0.05) is 10.9 Å². The minimum atomic E-state index is -1.07. The van der Waals surface area contributed by atoms with Crippen molar-refractivity contribution in [3.8, 4) is 17.2 Å². The summed E-state index contributed by atoms with van der Waals surface area (Å²) in [6, 6.07) is 0.875. The highest BCUT2D eigenvalue weighted by molar-refractivity contribution is 7.08. The first kappa shape index (κ1) is 12.6. The zero-order valence-electron chi connectivity index (χ0n) is 9.37. The van der Waals surface area contributed by atoms with E-state index in [1.807, 2.05) is 16.8 Å². The highest BCUT2D eigenvalue weighted by Gasteiger charge is 2.20. The number of carboxylic acid groups (broad SMARTS) is 1. The lowest BCUT2D eigenvalue weighted by Crippen LogP contribution is -2.30. The molecule has 2 heterocycles. The third-order valence-corrected chi connectivity index (χ3v) is 3.26. The molecule has 0 aliphatic carbocycles. The number of nitrogens with two attached hydrogens (primary N) is 1. The monoisotopic (exact) mass is 268 g/mol. The van der Waals surface area contributed by atoms with Crippen LogP contribution < -0.4 is 5.73 Å². The summed E-state index contributed by atoms with van der Waals surface area (Å²) in [5.74, 6) is -0.817. The number of rotatable bonds is 5. The first-order chi connectivity index (χ1) is 8.59. The lowest BCUT2D eigenvalue weighted by molar-refractivity contribution is -0.138. The predicted molar refractivity (Wildman–Crippen MR) is 65.4 cm³/mol. The van der Waals surface area contributed by atoms with Gasteiger partial charge in [0.1, 0.15) is 6.04 Å². The molecule has 0 fully saturated rings. The number of aliphatic carboxylic acids is 1. The van der Waals surface area contributed by atoms with Crippen LogP contribution in [-0.4, -0.2) is 27.4 Å². The molecule has 6 nitrogen and oxygen atoms in total. The molecule has 0 amide bonds. The van der Waals surface area contributed by atoms with Crippen molar-refractivity contribution < 1.29 is 19.5 Å². The maximum absolute atomic E-state index is 10.6. The Balaban J connectivity index is 2.18. The van der Waals surface area contributed by atoms with Gasteiger partial charge in [-0.25, -0.2) is 0 Å². The molecule has 0 saturated heterocycles. The van der Waals surface area contributed by atoms with Gasteiger partial charge < -0.3 is 20.5 Å². The number of aromatic nitrogens is 1. The Morgan fingerprint density at radius 3 is 3.00 bits per heavy atom. The van der Waals surface area contributed by atoms with Crippen molar-refractivity contribution in [2.75, 3.05) is 0 Å². The van der Waals surface area contributed by atoms with Crippen LogP contribution in [0.25, 0.3) is 11.3 Å². The molecule has 0 aliphatic heterocycles. The number of nitrogens with zero attached hydrogens (tertiary/aromatic N) is 1. The van der Waals surface area contributed by atoms with Gasteiger partial charge in [0.15, 0.2) is 5.76 Å². The van der Waals surface area contributed by atoms with Crippen molar-refractivity contribution in [1.29, 1.82) is 0 Å². The van der Waals surface area contributed by atoms with Crippen molar-refractivity contribution in [3.63, 3.8) is 0 Å². The second kappa shape index (κ2) is 5.19. The second-order valence-electron chi connectivity index (χ2n) is 3.81. The summed E-state index contributed by atoms with van der Waals surface area (Å²) in [5, 5.41) is 25.5. The summed E-state index contributed by atoms with van der Waals surface area (Å²) in [6.07, 6.45) is 0.509. The summed E-state index contributed by atoms with van der Waals surface area (Å²) >= 11 is 1.49. The number of carboxylic acids is 1. The van der Waals surface area contributed by atoms with Crippen LogP contribution in [0.2, 0.25) is 0 Å². The van der Waals surface area contributed by atoms with Gasteiger partial charge in [-0.2, -0.15) is 11.3 Å². The Morgan fingerprint density at radius 1 is 1.61 bits per heavy atom. The topological polar surface area (TPSA) is 110 Å². The molecule has 0 saturated carbocycles. The molecule has 2 rings (SSSR count). The second-order valence-corrected chi connectivity index (χ2v) is 4.59. The number of hydrogen-bond donors (Lipinski definition) is 3. The Bertz CT molecular complexity index is 535. The third-order valence-electron chi connectivity index (χ3n) is 2.57. The highest BCUT2D eigenvalue weighted by Crippen LogP contribution is 2.32. The van der Waals surface area contributed by atoms with E-state index in [4.69, 9.17) is 15.4 Å². The van der Waals surface area contributed by atoms with Gasteiger partial charge in [0.25, 0.3) is 5.88 Å². The lowest BCUT2D eigenvalue weighted by Gasteiger charge is -2.05. The van der Waals surface area contributed by atoms with Crippen molar-refractivity contribution in [1.82, 2.24) is 5.16 Å². The van der Waals surface area contributed by atoms with Crippen molar-refractivity contribution in [2.45, 2.75) is 18.9 Å². The van der Waals surface area contributed by atoms with Crippen LogP contribution in [-0.2, 0) is 11.2 Å². The van der Waals surface area contributed by atoms with Crippen molar-refractivity contribution in [2.24, 2.45) is 5.73 Å². The summed E-state index contributed by atoms with van der Waals surface area (Å²) in [7, 11) is 0. The minimum absolute atomic E-state index is 0.210. The van der Waals surface area contributed by atoms with Gasteiger partial charge in [0.05, 0.1) is 5.56 Å². The predicted octanol–water partition coefficient (Wildman–Crippen LogP) is 1.45. The van der Waals surface area contributed by atoms with E-state index in [0.717, 1.165) is 5.56 Å². The van der Waals surface area contributed by atoms with E-state index >= 15 is 0 Å². The SMILES string of the molecule is NC(CCc1c(O)noc1-c1ccsc1)C(=O)O. The molecule has 18 heavy (non-hydrogen) atoms. The smallest absolute Gasteiger partial charge is 0.320 e. The minimum Gasteiger partial charge on any atom is -0.491 e. The third kappa shape index (κ3) is 2.52. The van der Waals surface area contributed by atoms with Crippen LogP contribution in [0.4, 0.5) is 0 Å². The van der Waals surface area contributed by atoms with E-state index in [1.165, 1.54) is 11.3 Å². The van der Waals surface area contributed by atoms with Crippen LogP contribution in [0, 0.1) is 0 Å². The summed E-state index contributed by atoms with van der Waals surface area (Å²) in [4.78, 5) is 10.6. The van der Waals surface area contributed by atoms with Gasteiger partial charge >= 0.3 is 5.97 Å². The highest BCUT2D eigenvalue weighted by atomic mass is 32.1. The summed E-state index contributed by atoms with van der Waals surface area (Å²) < 4.78 is 5.05. The van der Waals surface area contributed by atoms with E-state index in [1.54, 1.807) is 0 Å². The molecule has 0 spiro atoms. The summed E-state index contributed by atoms with van der Waals surface area (Å²) in [5.41, 5.74) is 6.72. The summed E-state index contributed by atoms with van der Waals surface area (Å²) in [6.45, 7) is 0. The van der Waals surface area contributed by atoms with Crippen LogP contribution >= 0.6 is 11.3 Å². The van der Waals surface area contributed by atoms with E-state index in [-0.39, 0.29) is 12.3 Å². The fourth-order valence-corrected chi connectivity index (χ4v) is 2.21. The van der Waals surface area contributed by atoms with E-state index < -0.39 is 12.0 Å². The van der Waals surface area contributed by atoms with Gasteiger partial charge in [-0.15, -0.1) is 0 Å². The number of thiophene rings is 1. The molecule has 0 radical (unpaired) electrons. The normalized spacial score (nSPS) is 12.5. The number of aromatic hydroxyl groups is 1. The Hall–Kier alpha value is -1.86. The van der Waals surface area contributed by atoms with Crippen LogP contribution in [0.1, 0.15) is 12.0 Å². The van der Waals surface area contributed by atoms with Crippen molar-refractivity contribution >= 4 is 17.3 Å². The molecule has 1 atom stereocenters. The zero-order chi connectivity index (χ0) is 13.1. The first-order valence-corrected chi connectivity index (χ1v) is 6.22. The molecule has 0 aliphatic rings. The first-order valence-electron chi connectivity index (χ1n) is 5.28. The van der Waals surface area contributed by atoms with Gasteiger partial charge in [-0.1, -0.05) is 0 Å². The van der Waals surface area contributed by atoms with Crippen LogP contribution in [0.5, 0.6) is 5.88 Å². The molecule has 96 valence electrons. The van der Waals surface area contributed by atoms with E-state index in [0.29, 0.717) is 17.7 Å². The Morgan fingerprint density at radius 2 is 2.39 bits per heavy atom. The quantitative estimate of drug-likeness (QED) is 0.757. The van der Waals surface area contributed by atoms with Gasteiger partial charge in [-0.05, 0) is 29.4 Å². The van der Waals surface area contributed by atoms with Crippen molar-refractivity contribution in [3.05, 3.63) is 22.4 Å². The molecule has 1 unspecified atom stereocenters. The average molecular weight is 268 g/mol. The van der Waals surface area contributed by atoms with Gasteiger partial charge in [-0.3, -0.25) is 4.79 Å². The van der Waals surface area contributed by atoms with Gasteiger partial charge in [0.2, 0.25) is 0 Å². The molecule has 0 aromatic carbocycles. The molecular formula is C11H12N2O4S. The molecule has 2 aromatic rings. The lowest BCUT2D eigenvalue weighted by atomic mass is 10.0. The average Bonchev–Trinajstić information content (AvgIpc) is 2.95. The van der Waals surface area contributed by atoms with E-state index in [2.05, 4.69) is 5.16 Å². The van der Waals surface area contributed by atoms with Crippen LogP contribution in [0.3, 0.4) is 0 Å². The van der Waals surface area contributed by atoms with E-state index in [9.17, 15) is 9.90 Å². The van der Waals surface area contributed by atoms with Crippen LogP contribution in [0.15, 0.2) is 21.3 Å². The molecule has 4 N–H and O–H groups in total. The fraction of sp³-hybridized carbons (Fsp3) is 0.273. The molecule has 2 aromatic heterocycles. The Labute approximate surface area is 107 Å². The molecule has 0 bridgehead atoms. The fourth-order valence-electron chi connectivity index (χ4n) is 1.57. The number of hydrogen-bond acceptors (Lipinski definition) is 6. The maximum Gasteiger partial charge on any atom is 0.320 e. The zero-order valence-corrected chi connectivity index (χ0v) is 10.2. The molecule has 7 heteroatoms. The number of carbonyl (C=O) groups is 1. The maximum atomic E-state index is 10.6. The molecular weight excluding hydrogens is 256 g/mol. The standard InChI is InChI=1S/C11H12N2O4S/c12-8(11(15)16)2-1-7-9(17-13-10(7)14)6-3-4-18-5-6/h3-5,8H,1-2,12H2,(H,13,14)(H,15,16).